The van der Waals surface area contributed by atoms with E-state index in [2.05, 4.69) is 5.32 Å². The number of carbonyl (C=O) groups is 1. The van der Waals surface area contributed by atoms with Crippen LogP contribution in [-0.2, 0) is 9.53 Å². The first-order valence-corrected chi connectivity index (χ1v) is 6.41. The van der Waals surface area contributed by atoms with Gasteiger partial charge >= 0.3 is 0 Å². The third-order valence-electron chi connectivity index (χ3n) is 3.17. The Balaban J connectivity index is 2.38. The fraction of sp³-hybridized carbons (Fsp3) is 0.462. The van der Waals surface area contributed by atoms with Gasteiger partial charge in [-0.3, -0.25) is 4.79 Å². The summed E-state index contributed by atoms with van der Waals surface area (Å²) >= 11 is 0. The number of ether oxygens (including phenoxy) is 1. The summed E-state index contributed by atoms with van der Waals surface area (Å²) in [6.45, 7) is 2.94. The molecule has 1 aromatic rings. The van der Waals surface area contributed by atoms with E-state index < -0.39 is 17.7 Å². The van der Waals surface area contributed by atoms with Crippen LogP contribution in [0.4, 0.5) is 20.2 Å². The molecule has 3 N–H and O–H groups in total. The van der Waals surface area contributed by atoms with Crippen LogP contribution in [0.2, 0.25) is 0 Å². The Hall–Kier alpha value is -1.89. The van der Waals surface area contributed by atoms with Crippen molar-refractivity contribution in [1.82, 2.24) is 5.32 Å². The van der Waals surface area contributed by atoms with E-state index in [-0.39, 0.29) is 30.4 Å². The van der Waals surface area contributed by atoms with Crippen LogP contribution in [0.25, 0.3) is 0 Å². The molecule has 0 spiro atoms. The molecule has 0 radical (unpaired) electrons. The molecular formula is C13H17F2N3O2. The Morgan fingerprint density at radius 1 is 1.55 bits per heavy atom. The second-order valence-corrected chi connectivity index (χ2v) is 4.48. The van der Waals surface area contributed by atoms with Crippen LogP contribution < -0.4 is 16.0 Å². The number of likely N-dealkylation sites (N-methyl/N-ethyl adjacent to an activating group) is 1. The van der Waals surface area contributed by atoms with Gasteiger partial charge in [0, 0.05) is 13.1 Å². The monoisotopic (exact) mass is 285 g/mol. The number of nitrogen functional groups attached to an aromatic ring is 1. The van der Waals surface area contributed by atoms with Gasteiger partial charge in [-0.05, 0) is 19.1 Å². The average molecular weight is 285 g/mol. The third kappa shape index (κ3) is 2.67. The fourth-order valence-electron chi connectivity index (χ4n) is 2.23. The highest BCUT2D eigenvalue weighted by atomic mass is 19.2. The van der Waals surface area contributed by atoms with Crippen molar-refractivity contribution in [1.29, 1.82) is 0 Å². The molecule has 1 aliphatic heterocycles. The molecule has 1 saturated heterocycles. The van der Waals surface area contributed by atoms with Gasteiger partial charge in [0.2, 0.25) is 5.91 Å². The fourth-order valence-corrected chi connectivity index (χ4v) is 2.23. The molecule has 2 rings (SSSR count). The van der Waals surface area contributed by atoms with Crippen LogP contribution in [0.3, 0.4) is 0 Å². The molecule has 7 heteroatoms. The van der Waals surface area contributed by atoms with Crippen LogP contribution in [0.15, 0.2) is 12.1 Å². The van der Waals surface area contributed by atoms with Gasteiger partial charge in [0.05, 0.1) is 18.9 Å². The second-order valence-electron chi connectivity index (χ2n) is 4.48. The lowest BCUT2D eigenvalue weighted by atomic mass is 10.1. The minimum atomic E-state index is -1.04. The molecule has 0 aliphatic carbocycles. The SMILES string of the molecule is CCNC(=O)C1COCCN1c1c(N)ccc(F)c1F. The van der Waals surface area contributed by atoms with Crippen molar-refractivity contribution >= 4 is 17.3 Å². The van der Waals surface area contributed by atoms with Crippen molar-refractivity contribution in [3.05, 3.63) is 23.8 Å². The topological polar surface area (TPSA) is 67.6 Å². The van der Waals surface area contributed by atoms with E-state index in [0.717, 1.165) is 6.07 Å². The normalized spacial score (nSPS) is 18.9. The van der Waals surface area contributed by atoms with Gasteiger partial charge in [-0.2, -0.15) is 0 Å². The lowest BCUT2D eigenvalue weighted by Crippen LogP contribution is -2.54. The minimum Gasteiger partial charge on any atom is -0.397 e. The Bertz CT molecular complexity index is 511. The molecule has 110 valence electrons. The summed E-state index contributed by atoms with van der Waals surface area (Å²) in [7, 11) is 0. The zero-order valence-corrected chi connectivity index (χ0v) is 11.2. The van der Waals surface area contributed by atoms with Gasteiger partial charge in [0.15, 0.2) is 11.6 Å². The maximum absolute atomic E-state index is 14.0. The van der Waals surface area contributed by atoms with Crippen molar-refractivity contribution in [3.8, 4) is 0 Å². The number of halogens is 2. The molecule has 20 heavy (non-hydrogen) atoms. The van der Waals surface area contributed by atoms with Crippen molar-refractivity contribution in [2.75, 3.05) is 36.9 Å². The molecule has 1 atom stereocenters. The van der Waals surface area contributed by atoms with Gasteiger partial charge in [0.25, 0.3) is 0 Å². The largest absolute Gasteiger partial charge is 0.397 e. The zero-order valence-electron chi connectivity index (χ0n) is 11.2. The van der Waals surface area contributed by atoms with Gasteiger partial charge < -0.3 is 20.7 Å². The first kappa shape index (κ1) is 14.5. The van der Waals surface area contributed by atoms with Crippen molar-refractivity contribution in [3.63, 3.8) is 0 Å². The van der Waals surface area contributed by atoms with Crippen LogP contribution in [0, 0.1) is 11.6 Å². The minimum absolute atomic E-state index is 0.0791. The summed E-state index contributed by atoms with van der Waals surface area (Å²) in [5.41, 5.74) is 5.75. The van der Waals surface area contributed by atoms with Crippen molar-refractivity contribution in [2.24, 2.45) is 0 Å². The first-order valence-electron chi connectivity index (χ1n) is 6.41. The highest BCUT2D eigenvalue weighted by Gasteiger charge is 2.32. The maximum Gasteiger partial charge on any atom is 0.245 e. The zero-order chi connectivity index (χ0) is 14.7. The van der Waals surface area contributed by atoms with Gasteiger partial charge in [-0.15, -0.1) is 0 Å². The summed E-state index contributed by atoms with van der Waals surface area (Å²) in [5.74, 6) is -2.33. The van der Waals surface area contributed by atoms with Crippen molar-refractivity contribution in [2.45, 2.75) is 13.0 Å². The summed E-state index contributed by atoms with van der Waals surface area (Å²) in [5, 5.41) is 2.65. The summed E-state index contributed by atoms with van der Waals surface area (Å²) < 4.78 is 32.7. The molecule has 1 aromatic carbocycles. The molecule has 0 aromatic heterocycles. The standard InChI is InChI=1S/C13H17F2N3O2/c1-2-17-13(19)10-7-20-6-5-18(10)12-9(16)4-3-8(14)11(12)15/h3-4,10H,2,5-7,16H2,1H3,(H,17,19). The molecule has 1 fully saturated rings. The Morgan fingerprint density at radius 2 is 2.30 bits per heavy atom. The number of carbonyl (C=O) groups excluding carboxylic acids is 1. The number of rotatable bonds is 3. The van der Waals surface area contributed by atoms with E-state index in [1.165, 1.54) is 11.0 Å². The van der Waals surface area contributed by atoms with Crippen LogP contribution in [0.5, 0.6) is 0 Å². The van der Waals surface area contributed by atoms with Crippen molar-refractivity contribution < 1.29 is 18.3 Å². The van der Waals surface area contributed by atoms with Gasteiger partial charge in [0.1, 0.15) is 11.7 Å². The molecular weight excluding hydrogens is 268 g/mol. The smallest absolute Gasteiger partial charge is 0.245 e. The van der Waals surface area contributed by atoms with Crippen LogP contribution in [0.1, 0.15) is 6.92 Å². The van der Waals surface area contributed by atoms with Gasteiger partial charge in [-0.1, -0.05) is 0 Å². The van der Waals surface area contributed by atoms with Gasteiger partial charge in [-0.25, -0.2) is 8.78 Å². The van der Waals surface area contributed by atoms with E-state index in [1.807, 2.05) is 0 Å². The summed E-state index contributed by atoms with van der Waals surface area (Å²) in [6, 6.07) is 1.54. The highest BCUT2D eigenvalue weighted by molar-refractivity contribution is 5.87. The van der Waals surface area contributed by atoms with E-state index in [1.54, 1.807) is 6.92 Å². The number of nitrogens with two attached hydrogens (primary N) is 1. The number of anilines is 2. The summed E-state index contributed by atoms with van der Waals surface area (Å²) in [6.07, 6.45) is 0. The van der Waals surface area contributed by atoms with Crippen LogP contribution >= 0.6 is 0 Å². The lowest BCUT2D eigenvalue weighted by molar-refractivity contribution is -0.124. The highest BCUT2D eigenvalue weighted by Crippen LogP contribution is 2.31. The van der Waals surface area contributed by atoms with E-state index >= 15 is 0 Å². The second kappa shape index (κ2) is 6.04. The number of benzene rings is 1. The first-order chi connectivity index (χ1) is 9.56. The number of amides is 1. The molecule has 1 aliphatic rings. The number of nitrogens with one attached hydrogen (secondary N) is 1. The molecule has 1 unspecified atom stereocenters. The average Bonchev–Trinajstić information content (AvgIpc) is 2.44. The summed E-state index contributed by atoms with van der Waals surface area (Å²) in [4.78, 5) is 13.5. The number of hydrogen-bond donors (Lipinski definition) is 2. The molecule has 0 bridgehead atoms. The number of hydrogen-bond acceptors (Lipinski definition) is 4. The maximum atomic E-state index is 14.0. The van der Waals surface area contributed by atoms with E-state index in [9.17, 15) is 13.6 Å². The molecule has 1 amide bonds. The molecule has 5 nitrogen and oxygen atoms in total. The number of nitrogens with zero attached hydrogens (tertiary/aromatic N) is 1. The Morgan fingerprint density at radius 3 is 3.00 bits per heavy atom. The third-order valence-corrected chi connectivity index (χ3v) is 3.17. The predicted molar refractivity (Wildman–Crippen MR) is 71.4 cm³/mol. The quantitative estimate of drug-likeness (QED) is 0.809. The molecule has 0 saturated carbocycles. The Kier molecular flexibility index (Phi) is 4.39. The van der Waals surface area contributed by atoms with E-state index in [0.29, 0.717) is 13.2 Å². The predicted octanol–water partition coefficient (Wildman–Crippen LogP) is 0.888. The lowest BCUT2D eigenvalue weighted by Gasteiger charge is -2.37. The Labute approximate surface area is 115 Å². The van der Waals surface area contributed by atoms with Crippen LogP contribution in [-0.4, -0.2) is 38.3 Å². The molecule has 1 heterocycles. The number of morpholine rings is 1. The van der Waals surface area contributed by atoms with E-state index in [4.69, 9.17) is 10.5 Å².